The first kappa shape index (κ1) is 15.9. The molecule has 0 amide bonds. The Morgan fingerprint density at radius 3 is 2.44 bits per heavy atom. The summed E-state index contributed by atoms with van der Waals surface area (Å²) in [5.74, 6) is 0.503. The van der Waals surface area contributed by atoms with Crippen molar-refractivity contribution in [2.24, 2.45) is 5.92 Å². The van der Waals surface area contributed by atoms with Gasteiger partial charge in [-0.25, -0.2) is 12.7 Å². The molecule has 0 saturated carbocycles. The molecule has 0 aromatic rings. The van der Waals surface area contributed by atoms with Gasteiger partial charge in [0.25, 0.3) is 0 Å². The maximum Gasteiger partial charge on any atom is 0.217 e. The first-order chi connectivity index (χ1) is 8.37. The second-order valence-corrected chi connectivity index (χ2v) is 7.90. The fourth-order valence-corrected chi connectivity index (χ4v) is 3.82. The maximum absolute atomic E-state index is 12.2. The van der Waals surface area contributed by atoms with Crippen molar-refractivity contribution < 1.29 is 8.42 Å². The summed E-state index contributed by atoms with van der Waals surface area (Å²) in [5.41, 5.74) is 0. The van der Waals surface area contributed by atoms with Crippen LogP contribution in [0, 0.1) is 5.92 Å². The molecule has 0 aliphatic carbocycles. The van der Waals surface area contributed by atoms with E-state index in [1.165, 1.54) is 0 Å². The van der Waals surface area contributed by atoms with Gasteiger partial charge in [0.2, 0.25) is 10.0 Å². The molecule has 0 spiro atoms. The first-order valence-electron chi connectivity index (χ1n) is 6.66. The van der Waals surface area contributed by atoms with E-state index in [1.54, 1.807) is 25.3 Å². The molecular weight excluding hydrogens is 250 g/mol. The molecular formula is C12H27N3O2S. The zero-order valence-corrected chi connectivity index (χ0v) is 12.8. The van der Waals surface area contributed by atoms with Gasteiger partial charge in [-0.3, -0.25) is 0 Å². The van der Waals surface area contributed by atoms with Crippen LogP contribution in [0.4, 0.5) is 0 Å². The van der Waals surface area contributed by atoms with Crippen LogP contribution in [0.25, 0.3) is 0 Å². The van der Waals surface area contributed by atoms with Gasteiger partial charge in [0.15, 0.2) is 0 Å². The van der Waals surface area contributed by atoms with Crippen molar-refractivity contribution in [3.63, 3.8) is 0 Å². The third-order valence-corrected chi connectivity index (χ3v) is 5.99. The molecule has 1 aliphatic rings. The number of hydrogen-bond acceptors (Lipinski definition) is 4. The normalized spacial score (nSPS) is 21.4. The van der Waals surface area contributed by atoms with Gasteiger partial charge in [0.05, 0.1) is 5.25 Å². The SMILES string of the molecule is CNCC(C)S(=O)(=O)N(C)CC1CCN(C)CC1. The van der Waals surface area contributed by atoms with Crippen LogP contribution >= 0.6 is 0 Å². The molecule has 1 heterocycles. The minimum Gasteiger partial charge on any atom is -0.318 e. The van der Waals surface area contributed by atoms with E-state index in [9.17, 15) is 8.42 Å². The van der Waals surface area contributed by atoms with Crippen molar-refractivity contribution in [3.8, 4) is 0 Å². The highest BCUT2D eigenvalue weighted by atomic mass is 32.2. The Kier molecular flexibility index (Phi) is 6.04. The van der Waals surface area contributed by atoms with E-state index in [-0.39, 0.29) is 5.25 Å². The lowest BCUT2D eigenvalue weighted by Gasteiger charge is -2.32. The van der Waals surface area contributed by atoms with E-state index in [0.29, 0.717) is 19.0 Å². The zero-order chi connectivity index (χ0) is 13.8. The van der Waals surface area contributed by atoms with Crippen molar-refractivity contribution in [2.45, 2.75) is 25.0 Å². The Hall–Kier alpha value is -0.170. The lowest BCUT2D eigenvalue weighted by atomic mass is 9.97. The van der Waals surface area contributed by atoms with E-state index < -0.39 is 10.0 Å². The maximum atomic E-state index is 12.2. The Morgan fingerprint density at radius 1 is 1.39 bits per heavy atom. The van der Waals surface area contributed by atoms with E-state index in [2.05, 4.69) is 17.3 Å². The Labute approximate surface area is 112 Å². The van der Waals surface area contributed by atoms with E-state index in [1.807, 2.05) is 0 Å². The average Bonchev–Trinajstić information content (AvgIpc) is 2.32. The highest BCUT2D eigenvalue weighted by molar-refractivity contribution is 7.89. The molecule has 1 aliphatic heterocycles. The first-order valence-corrected chi connectivity index (χ1v) is 8.16. The summed E-state index contributed by atoms with van der Waals surface area (Å²) in [6, 6.07) is 0. The van der Waals surface area contributed by atoms with Crippen molar-refractivity contribution in [1.29, 1.82) is 0 Å². The predicted molar refractivity (Wildman–Crippen MR) is 75.2 cm³/mol. The summed E-state index contributed by atoms with van der Waals surface area (Å²) >= 11 is 0. The number of piperidine rings is 1. The minimum atomic E-state index is -3.16. The Morgan fingerprint density at radius 2 is 1.94 bits per heavy atom. The monoisotopic (exact) mass is 277 g/mol. The Bertz CT molecular complexity index is 337. The molecule has 1 N–H and O–H groups in total. The van der Waals surface area contributed by atoms with Gasteiger partial charge in [-0.2, -0.15) is 0 Å². The van der Waals surface area contributed by atoms with Gasteiger partial charge >= 0.3 is 0 Å². The van der Waals surface area contributed by atoms with Gasteiger partial charge in [-0.15, -0.1) is 0 Å². The molecule has 5 nitrogen and oxygen atoms in total. The van der Waals surface area contributed by atoms with Crippen LogP contribution in [0.15, 0.2) is 0 Å². The van der Waals surface area contributed by atoms with E-state index in [0.717, 1.165) is 25.9 Å². The molecule has 18 heavy (non-hydrogen) atoms. The molecule has 1 saturated heterocycles. The van der Waals surface area contributed by atoms with Crippen LogP contribution in [0.1, 0.15) is 19.8 Å². The lowest BCUT2D eigenvalue weighted by molar-refractivity contribution is 0.202. The summed E-state index contributed by atoms with van der Waals surface area (Å²) < 4.78 is 26.0. The lowest BCUT2D eigenvalue weighted by Crippen LogP contribution is -2.43. The summed E-state index contributed by atoms with van der Waals surface area (Å²) in [5, 5.41) is 2.56. The van der Waals surface area contributed by atoms with Gasteiger partial charge in [-0.1, -0.05) is 0 Å². The van der Waals surface area contributed by atoms with Crippen LogP contribution in [0.2, 0.25) is 0 Å². The second kappa shape index (κ2) is 6.84. The summed E-state index contributed by atoms with van der Waals surface area (Å²) in [7, 11) is 2.45. The van der Waals surface area contributed by atoms with Crippen molar-refractivity contribution in [1.82, 2.24) is 14.5 Å². The number of sulfonamides is 1. The number of hydrogen-bond donors (Lipinski definition) is 1. The third-order valence-electron chi connectivity index (χ3n) is 3.79. The number of likely N-dealkylation sites (tertiary alicyclic amines) is 1. The molecule has 6 heteroatoms. The number of nitrogens with zero attached hydrogens (tertiary/aromatic N) is 2. The molecule has 0 aromatic heterocycles. The smallest absolute Gasteiger partial charge is 0.217 e. The topological polar surface area (TPSA) is 52.7 Å². The van der Waals surface area contributed by atoms with E-state index >= 15 is 0 Å². The molecule has 1 unspecified atom stereocenters. The predicted octanol–water partition coefficient (Wildman–Crippen LogP) is 0.198. The van der Waals surface area contributed by atoms with Crippen molar-refractivity contribution >= 4 is 10.0 Å². The summed E-state index contributed by atoms with van der Waals surface area (Å²) in [6.45, 7) is 5.07. The quantitative estimate of drug-likeness (QED) is 0.753. The zero-order valence-electron chi connectivity index (χ0n) is 12.0. The molecule has 0 radical (unpaired) electrons. The molecule has 1 atom stereocenters. The van der Waals surface area contributed by atoms with Gasteiger partial charge in [0.1, 0.15) is 0 Å². The average molecular weight is 277 g/mol. The largest absolute Gasteiger partial charge is 0.318 e. The Balaban J connectivity index is 2.51. The number of nitrogens with one attached hydrogen (secondary N) is 1. The van der Waals surface area contributed by atoms with Crippen molar-refractivity contribution in [2.75, 3.05) is 47.3 Å². The third kappa shape index (κ3) is 4.19. The highest BCUT2D eigenvalue weighted by Gasteiger charge is 2.28. The van der Waals surface area contributed by atoms with Gasteiger partial charge in [-0.05, 0) is 52.9 Å². The van der Waals surface area contributed by atoms with Crippen LogP contribution in [0.3, 0.4) is 0 Å². The standard InChI is InChI=1S/C12H27N3O2S/c1-11(9-13-2)18(16,17)15(4)10-12-5-7-14(3)8-6-12/h11-13H,5-10H2,1-4H3. The fraction of sp³-hybridized carbons (Fsp3) is 1.00. The van der Waals surface area contributed by atoms with Crippen molar-refractivity contribution in [3.05, 3.63) is 0 Å². The molecule has 108 valence electrons. The summed E-state index contributed by atoms with van der Waals surface area (Å²) in [4.78, 5) is 2.30. The highest BCUT2D eigenvalue weighted by Crippen LogP contribution is 2.19. The molecule has 0 bridgehead atoms. The minimum absolute atomic E-state index is 0.362. The van der Waals surface area contributed by atoms with Crippen LogP contribution in [-0.4, -0.2) is 70.2 Å². The van der Waals surface area contributed by atoms with E-state index in [4.69, 9.17) is 0 Å². The van der Waals surface area contributed by atoms with Crippen LogP contribution < -0.4 is 5.32 Å². The molecule has 0 aromatic carbocycles. The van der Waals surface area contributed by atoms with Gasteiger partial charge in [0, 0.05) is 20.1 Å². The number of rotatable bonds is 6. The second-order valence-electron chi connectivity index (χ2n) is 5.44. The molecule has 1 rings (SSSR count). The molecule has 1 fully saturated rings. The van der Waals surface area contributed by atoms with Crippen LogP contribution in [0.5, 0.6) is 0 Å². The fourth-order valence-electron chi connectivity index (χ4n) is 2.41. The van der Waals surface area contributed by atoms with Crippen LogP contribution in [-0.2, 0) is 10.0 Å². The summed E-state index contributed by atoms with van der Waals surface area (Å²) in [6.07, 6.45) is 2.19. The van der Waals surface area contributed by atoms with Gasteiger partial charge < -0.3 is 10.2 Å².